The topological polar surface area (TPSA) is 55.1 Å². The zero-order valence-electron chi connectivity index (χ0n) is 11.1. The maximum atomic E-state index is 11.9. The summed E-state index contributed by atoms with van der Waals surface area (Å²) in [4.78, 5) is 11.9. The van der Waals surface area contributed by atoms with Crippen LogP contribution in [0.25, 0.3) is 0 Å². The molecule has 0 aromatic rings. The fourth-order valence-electron chi connectivity index (χ4n) is 3.02. The van der Waals surface area contributed by atoms with E-state index in [1.807, 2.05) is 13.8 Å². The van der Waals surface area contributed by atoms with E-state index in [0.717, 1.165) is 11.8 Å². The number of hydrogen-bond donors (Lipinski definition) is 2. The minimum absolute atomic E-state index is 0.0538. The van der Waals surface area contributed by atoms with Crippen LogP contribution in [-0.2, 0) is 4.79 Å². The van der Waals surface area contributed by atoms with Gasteiger partial charge in [-0.1, -0.05) is 39.0 Å². The Morgan fingerprint density at radius 2 is 1.88 bits per heavy atom. The van der Waals surface area contributed by atoms with Crippen molar-refractivity contribution in [2.75, 3.05) is 0 Å². The Morgan fingerprint density at radius 3 is 2.47 bits per heavy atom. The molecule has 17 heavy (non-hydrogen) atoms. The molecule has 4 unspecified atom stereocenters. The highest BCUT2D eigenvalue weighted by Crippen LogP contribution is 2.44. The molecule has 2 rings (SSSR count). The standard InChI is InChI=1S/C14H26N2O/c1-9(10(2)15)14(17)16-13-8-12(13)11-6-4-3-5-7-11/h9-13H,3-8,15H2,1-2H3,(H,16,17). The molecule has 3 nitrogen and oxygen atoms in total. The van der Waals surface area contributed by atoms with E-state index in [2.05, 4.69) is 5.32 Å². The molecule has 3 N–H and O–H groups in total. The molecule has 0 aliphatic heterocycles. The lowest BCUT2D eigenvalue weighted by molar-refractivity contribution is -0.125. The van der Waals surface area contributed by atoms with E-state index in [0.29, 0.717) is 6.04 Å². The number of carbonyl (C=O) groups is 1. The highest BCUT2D eigenvalue weighted by Gasteiger charge is 2.44. The van der Waals surface area contributed by atoms with Crippen molar-refractivity contribution in [1.82, 2.24) is 5.32 Å². The predicted octanol–water partition coefficient (Wildman–Crippen LogP) is 2.05. The Bertz CT molecular complexity index is 271. The van der Waals surface area contributed by atoms with Crippen molar-refractivity contribution in [2.24, 2.45) is 23.5 Å². The number of hydrogen-bond acceptors (Lipinski definition) is 2. The lowest BCUT2D eigenvalue weighted by Crippen LogP contribution is -2.40. The van der Waals surface area contributed by atoms with E-state index in [1.54, 1.807) is 0 Å². The van der Waals surface area contributed by atoms with Crippen molar-refractivity contribution in [1.29, 1.82) is 0 Å². The zero-order chi connectivity index (χ0) is 12.4. The molecule has 0 radical (unpaired) electrons. The van der Waals surface area contributed by atoms with E-state index in [9.17, 15) is 4.79 Å². The minimum atomic E-state index is -0.0670. The quantitative estimate of drug-likeness (QED) is 0.787. The molecule has 2 aliphatic rings. The van der Waals surface area contributed by atoms with Crippen molar-refractivity contribution >= 4 is 5.91 Å². The monoisotopic (exact) mass is 238 g/mol. The summed E-state index contributed by atoms with van der Waals surface area (Å²) in [5, 5.41) is 3.16. The summed E-state index contributed by atoms with van der Waals surface area (Å²) >= 11 is 0. The van der Waals surface area contributed by atoms with Crippen LogP contribution in [0, 0.1) is 17.8 Å². The summed E-state index contributed by atoms with van der Waals surface area (Å²) in [5.41, 5.74) is 5.75. The van der Waals surface area contributed by atoms with Crippen LogP contribution in [0.5, 0.6) is 0 Å². The van der Waals surface area contributed by atoms with E-state index in [-0.39, 0.29) is 17.9 Å². The third kappa shape index (κ3) is 3.21. The van der Waals surface area contributed by atoms with Crippen molar-refractivity contribution in [3.63, 3.8) is 0 Å². The Hall–Kier alpha value is -0.570. The second-order valence-corrected chi connectivity index (χ2v) is 6.06. The number of rotatable bonds is 4. The van der Waals surface area contributed by atoms with Crippen LogP contribution in [0.3, 0.4) is 0 Å². The molecule has 4 atom stereocenters. The Balaban J connectivity index is 1.73. The van der Waals surface area contributed by atoms with Gasteiger partial charge >= 0.3 is 0 Å². The molecule has 98 valence electrons. The first kappa shape index (κ1) is 12.9. The zero-order valence-corrected chi connectivity index (χ0v) is 11.1. The van der Waals surface area contributed by atoms with Gasteiger partial charge in [0.1, 0.15) is 0 Å². The van der Waals surface area contributed by atoms with Crippen LogP contribution in [0.2, 0.25) is 0 Å². The minimum Gasteiger partial charge on any atom is -0.353 e. The van der Waals surface area contributed by atoms with Gasteiger partial charge in [0.2, 0.25) is 5.91 Å². The van der Waals surface area contributed by atoms with Crippen LogP contribution in [-0.4, -0.2) is 18.0 Å². The molecular formula is C14H26N2O. The summed E-state index contributed by atoms with van der Waals surface area (Å²) in [6.45, 7) is 3.81. The maximum Gasteiger partial charge on any atom is 0.224 e. The second-order valence-electron chi connectivity index (χ2n) is 6.06. The van der Waals surface area contributed by atoms with Gasteiger partial charge in [0, 0.05) is 18.0 Å². The SMILES string of the molecule is CC(N)C(C)C(=O)NC1CC1C1CCCCC1. The highest BCUT2D eigenvalue weighted by atomic mass is 16.2. The predicted molar refractivity (Wildman–Crippen MR) is 69.4 cm³/mol. The number of nitrogens with two attached hydrogens (primary N) is 1. The molecule has 1 amide bonds. The first-order valence-electron chi connectivity index (χ1n) is 7.15. The van der Waals surface area contributed by atoms with Gasteiger partial charge in [-0.05, 0) is 25.2 Å². The maximum absolute atomic E-state index is 11.9. The lowest BCUT2D eigenvalue weighted by Gasteiger charge is -2.22. The van der Waals surface area contributed by atoms with Crippen molar-refractivity contribution < 1.29 is 4.79 Å². The van der Waals surface area contributed by atoms with E-state index in [1.165, 1.54) is 38.5 Å². The summed E-state index contributed by atoms with van der Waals surface area (Å²) in [5.74, 6) is 1.71. The first-order valence-corrected chi connectivity index (χ1v) is 7.15. The van der Waals surface area contributed by atoms with Gasteiger partial charge in [-0.15, -0.1) is 0 Å². The van der Waals surface area contributed by atoms with E-state index >= 15 is 0 Å². The summed E-state index contributed by atoms with van der Waals surface area (Å²) < 4.78 is 0. The fraction of sp³-hybridized carbons (Fsp3) is 0.929. The van der Waals surface area contributed by atoms with Crippen LogP contribution < -0.4 is 11.1 Å². The van der Waals surface area contributed by atoms with Gasteiger partial charge < -0.3 is 11.1 Å². The van der Waals surface area contributed by atoms with E-state index in [4.69, 9.17) is 5.73 Å². The summed E-state index contributed by atoms with van der Waals surface area (Å²) in [6, 6.07) is 0.397. The smallest absolute Gasteiger partial charge is 0.224 e. The van der Waals surface area contributed by atoms with Crippen molar-refractivity contribution in [3.05, 3.63) is 0 Å². The third-order valence-electron chi connectivity index (χ3n) is 4.63. The van der Waals surface area contributed by atoms with Gasteiger partial charge in [0.15, 0.2) is 0 Å². The van der Waals surface area contributed by atoms with Crippen molar-refractivity contribution in [2.45, 2.75) is 64.5 Å². The normalized spacial score (nSPS) is 32.9. The largest absolute Gasteiger partial charge is 0.353 e. The van der Waals surface area contributed by atoms with Gasteiger partial charge in [0.05, 0.1) is 0 Å². The average Bonchev–Trinajstić information content (AvgIpc) is 3.08. The molecular weight excluding hydrogens is 212 g/mol. The van der Waals surface area contributed by atoms with Crippen LogP contribution in [0.1, 0.15) is 52.4 Å². The van der Waals surface area contributed by atoms with E-state index < -0.39 is 0 Å². The van der Waals surface area contributed by atoms with Crippen LogP contribution in [0.15, 0.2) is 0 Å². The average molecular weight is 238 g/mol. The Labute approximate surface area is 105 Å². The molecule has 2 fully saturated rings. The fourth-order valence-corrected chi connectivity index (χ4v) is 3.02. The van der Waals surface area contributed by atoms with Gasteiger partial charge in [0.25, 0.3) is 0 Å². The summed E-state index contributed by atoms with van der Waals surface area (Å²) in [7, 11) is 0. The van der Waals surface area contributed by atoms with Crippen molar-refractivity contribution in [3.8, 4) is 0 Å². The van der Waals surface area contributed by atoms with Gasteiger partial charge in [-0.3, -0.25) is 4.79 Å². The molecule has 0 saturated heterocycles. The second kappa shape index (κ2) is 5.38. The molecule has 0 heterocycles. The molecule has 0 spiro atoms. The highest BCUT2D eigenvalue weighted by molar-refractivity contribution is 5.79. The summed E-state index contributed by atoms with van der Waals surface area (Å²) in [6.07, 6.45) is 8.12. The lowest BCUT2D eigenvalue weighted by atomic mass is 9.85. The molecule has 3 heteroatoms. The molecule has 0 bridgehead atoms. The number of amides is 1. The van der Waals surface area contributed by atoms with Crippen LogP contribution >= 0.6 is 0 Å². The Morgan fingerprint density at radius 1 is 1.24 bits per heavy atom. The molecule has 0 aromatic carbocycles. The third-order valence-corrected chi connectivity index (χ3v) is 4.63. The van der Waals surface area contributed by atoms with Crippen LogP contribution in [0.4, 0.5) is 0 Å². The van der Waals surface area contributed by atoms with Gasteiger partial charge in [-0.2, -0.15) is 0 Å². The number of carbonyl (C=O) groups excluding carboxylic acids is 1. The molecule has 0 aromatic heterocycles. The number of nitrogens with one attached hydrogen (secondary N) is 1. The Kier molecular flexibility index (Phi) is 4.08. The van der Waals surface area contributed by atoms with Gasteiger partial charge in [-0.25, -0.2) is 0 Å². The first-order chi connectivity index (χ1) is 8.09. The molecule has 2 aliphatic carbocycles. The molecule has 2 saturated carbocycles.